The topological polar surface area (TPSA) is 65.2 Å². The first kappa shape index (κ1) is 22.1. The Hall–Kier alpha value is -3.08. The fraction of sp³-hybridized carbons (Fsp3) is 0.407. The molecule has 32 heavy (non-hydrogen) atoms. The smallest absolute Gasteiger partial charge is 0.255 e. The van der Waals surface area contributed by atoms with E-state index in [4.69, 9.17) is 0 Å². The van der Waals surface area contributed by atoms with Crippen LogP contribution >= 0.6 is 0 Å². The zero-order chi connectivity index (χ0) is 22.5. The van der Waals surface area contributed by atoms with E-state index >= 15 is 0 Å². The SMILES string of the molecule is CCCC[C@@H](CC)CNC(=O)CCN1C(=O)c2ccccc2[C@H]1c1c[nH]c2ccccc12. The van der Waals surface area contributed by atoms with Crippen LogP contribution in [-0.4, -0.2) is 34.8 Å². The van der Waals surface area contributed by atoms with Crippen molar-refractivity contribution in [2.24, 2.45) is 5.92 Å². The summed E-state index contributed by atoms with van der Waals surface area (Å²) in [5, 5.41) is 4.21. The van der Waals surface area contributed by atoms with Crippen molar-refractivity contribution in [3.05, 3.63) is 71.4 Å². The molecule has 1 aliphatic heterocycles. The number of para-hydroxylation sites is 1. The minimum atomic E-state index is -0.185. The highest BCUT2D eigenvalue weighted by Gasteiger charge is 2.38. The molecule has 0 saturated carbocycles. The van der Waals surface area contributed by atoms with E-state index in [1.54, 1.807) is 0 Å². The van der Waals surface area contributed by atoms with E-state index in [0.29, 0.717) is 18.9 Å². The molecule has 0 fully saturated rings. The Bertz CT molecular complexity index is 1090. The summed E-state index contributed by atoms with van der Waals surface area (Å²) in [6.45, 7) is 5.49. The minimum Gasteiger partial charge on any atom is -0.361 e. The summed E-state index contributed by atoms with van der Waals surface area (Å²) in [7, 11) is 0. The lowest BCUT2D eigenvalue weighted by molar-refractivity contribution is -0.121. The van der Waals surface area contributed by atoms with Crippen LogP contribution in [0, 0.1) is 5.92 Å². The lowest BCUT2D eigenvalue weighted by Gasteiger charge is -2.25. The van der Waals surface area contributed by atoms with Gasteiger partial charge in [-0.1, -0.05) is 69.5 Å². The first-order chi connectivity index (χ1) is 15.6. The van der Waals surface area contributed by atoms with Gasteiger partial charge in [0.2, 0.25) is 5.91 Å². The molecule has 4 rings (SSSR count). The van der Waals surface area contributed by atoms with E-state index < -0.39 is 0 Å². The van der Waals surface area contributed by atoms with Gasteiger partial charge in [-0.05, 0) is 30.0 Å². The van der Waals surface area contributed by atoms with Gasteiger partial charge in [0.1, 0.15) is 0 Å². The predicted octanol–water partition coefficient (Wildman–Crippen LogP) is 5.44. The molecule has 0 spiro atoms. The molecule has 0 saturated heterocycles. The van der Waals surface area contributed by atoms with Crippen LogP contribution in [0.5, 0.6) is 0 Å². The second kappa shape index (κ2) is 10.0. The Balaban J connectivity index is 1.50. The van der Waals surface area contributed by atoms with Gasteiger partial charge in [-0.15, -0.1) is 0 Å². The number of carbonyl (C=O) groups is 2. The molecule has 2 heterocycles. The van der Waals surface area contributed by atoms with Gasteiger partial charge in [0.15, 0.2) is 0 Å². The van der Waals surface area contributed by atoms with Crippen molar-refractivity contribution in [1.82, 2.24) is 15.2 Å². The predicted molar refractivity (Wildman–Crippen MR) is 129 cm³/mol. The maximum Gasteiger partial charge on any atom is 0.255 e. The summed E-state index contributed by atoms with van der Waals surface area (Å²) in [6, 6.07) is 15.8. The van der Waals surface area contributed by atoms with Gasteiger partial charge in [0, 0.05) is 47.7 Å². The zero-order valence-electron chi connectivity index (χ0n) is 19.1. The fourth-order valence-corrected chi connectivity index (χ4v) is 4.77. The number of hydrogen-bond acceptors (Lipinski definition) is 2. The van der Waals surface area contributed by atoms with Crippen molar-refractivity contribution in [1.29, 1.82) is 0 Å². The number of carbonyl (C=O) groups excluding carboxylic acids is 2. The fourth-order valence-electron chi connectivity index (χ4n) is 4.77. The Morgan fingerprint density at radius 1 is 1.09 bits per heavy atom. The molecular formula is C27H33N3O2. The highest BCUT2D eigenvalue weighted by molar-refractivity contribution is 6.01. The second-order valence-electron chi connectivity index (χ2n) is 8.75. The number of amides is 2. The monoisotopic (exact) mass is 431 g/mol. The number of hydrogen-bond donors (Lipinski definition) is 2. The minimum absolute atomic E-state index is 0.00179. The molecule has 1 aromatic heterocycles. The third-order valence-electron chi connectivity index (χ3n) is 6.69. The van der Waals surface area contributed by atoms with Gasteiger partial charge in [-0.25, -0.2) is 0 Å². The Kier molecular flexibility index (Phi) is 6.93. The molecule has 0 unspecified atom stereocenters. The standard InChI is InChI=1S/C27H33N3O2/c1-3-5-10-19(4-2)17-29-25(31)15-16-30-26(21-12-6-7-13-22(21)27(30)32)23-18-28-24-14-9-8-11-20(23)24/h6-9,11-14,18-19,26,28H,3-5,10,15-17H2,1-2H3,(H,29,31)/t19-,26+/m1/s1. The molecule has 0 radical (unpaired) electrons. The summed E-state index contributed by atoms with van der Waals surface area (Å²) in [6.07, 6.45) is 6.90. The maximum absolute atomic E-state index is 13.3. The van der Waals surface area contributed by atoms with E-state index in [2.05, 4.69) is 30.2 Å². The molecule has 1 aliphatic rings. The molecule has 2 aromatic carbocycles. The summed E-state index contributed by atoms with van der Waals surface area (Å²) in [5.41, 5.74) is 3.86. The molecule has 0 aliphatic carbocycles. The number of rotatable bonds is 10. The first-order valence-corrected chi connectivity index (χ1v) is 11.9. The first-order valence-electron chi connectivity index (χ1n) is 11.9. The summed E-state index contributed by atoms with van der Waals surface area (Å²) >= 11 is 0. The quantitative estimate of drug-likeness (QED) is 0.449. The van der Waals surface area contributed by atoms with E-state index in [1.165, 1.54) is 12.8 Å². The Morgan fingerprint density at radius 3 is 2.69 bits per heavy atom. The lowest BCUT2D eigenvalue weighted by Crippen LogP contribution is -2.35. The van der Waals surface area contributed by atoms with Gasteiger partial charge in [0.25, 0.3) is 5.91 Å². The van der Waals surface area contributed by atoms with Crippen LogP contribution in [0.1, 0.15) is 73.5 Å². The lowest BCUT2D eigenvalue weighted by atomic mass is 9.97. The van der Waals surface area contributed by atoms with Gasteiger partial charge in [-0.2, -0.15) is 0 Å². The molecule has 0 bridgehead atoms. The third-order valence-corrected chi connectivity index (χ3v) is 6.69. The third kappa shape index (κ3) is 4.43. The van der Waals surface area contributed by atoms with E-state index in [0.717, 1.165) is 47.0 Å². The van der Waals surface area contributed by atoms with E-state index in [-0.39, 0.29) is 17.9 Å². The van der Waals surface area contributed by atoms with Crippen LogP contribution < -0.4 is 5.32 Å². The molecule has 5 nitrogen and oxygen atoms in total. The zero-order valence-corrected chi connectivity index (χ0v) is 19.1. The molecule has 2 amide bonds. The molecule has 168 valence electrons. The number of aromatic amines is 1. The van der Waals surface area contributed by atoms with Crippen LogP contribution in [0.15, 0.2) is 54.7 Å². The maximum atomic E-state index is 13.3. The molecule has 3 aromatic rings. The summed E-state index contributed by atoms with van der Waals surface area (Å²) in [4.78, 5) is 31.1. The number of fused-ring (bicyclic) bond motifs is 2. The van der Waals surface area contributed by atoms with Crippen molar-refractivity contribution in [3.8, 4) is 0 Å². The van der Waals surface area contributed by atoms with Gasteiger partial charge in [0.05, 0.1) is 6.04 Å². The number of unbranched alkanes of at least 4 members (excludes halogenated alkanes) is 1. The number of aromatic nitrogens is 1. The summed E-state index contributed by atoms with van der Waals surface area (Å²) < 4.78 is 0. The number of H-pyrrole nitrogens is 1. The largest absolute Gasteiger partial charge is 0.361 e. The Labute approximate surface area is 190 Å². The van der Waals surface area contributed by atoms with Crippen LogP contribution in [0.4, 0.5) is 0 Å². The van der Waals surface area contributed by atoms with Crippen molar-refractivity contribution < 1.29 is 9.59 Å². The van der Waals surface area contributed by atoms with Crippen molar-refractivity contribution in [2.45, 2.75) is 52.0 Å². The van der Waals surface area contributed by atoms with Gasteiger partial charge >= 0.3 is 0 Å². The molecule has 5 heteroatoms. The average molecular weight is 432 g/mol. The van der Waals surface area contributed by atoms with E-state index in [9.17, 15) is 9.59 Å². The van der Waals surface area contributed by atoms with Crippen LogP contribution in [0.25, 0.3) is 10.9 Å². The van der Waals surface area contributed by atoms with Crippen LogP contribution in [0.2, 0.25) is 0 Å². The van der Waals surface area contributed by atoms with Crippen LogP contribution in [0.3, 0.4) is 0 Å². The average Bonchev–Trinajstić information content (AvgIpc) is 3.36. The van der Waals surface area contributed by atoms with Crippen LogP contribution in [-0.2, 0) is 4.79 Å². The Morgan fingerprint density at radius 2 is 1.88 bits per heavy atom. The summed E-state index contributed by atoms with van der Waals surface area (Å²) in [5.74, 6) is 0.537. The van der Waals surface area contributed by atoms with Crippen molar-refractivity contribution in [2.75, 3.05) is 13.1 Å². The van der Waals surface area contributed by atoms with Gasteiger partial charge in [-0.3, -0.25) is 9.59 Å². The highest BCUT2D eigenvalue weighted by atomic mass is 16.2. The van der Waals surface area contributed by atoms with Crippen molar-refractivity contribution in [3.63, 3.8) is 0 Å². The number of nitrogens with zero attached hydrogens (tertiary/aromatic N) is 1. The highest BCUT2D eigenvalue weighted by Crippen LogP contribution is 2.41. The second-order valence-corrected chi connectivity index (χ2v) is 8.75. The molecule has 2 atom stereocenters. The number of benzene rings is 2. The number of nitrogens with one attached hydrogen (secondary N) is 2. The normalized spacial score (nSPS) is 16.4. The van der Waals surface area contributed by atoms with Gasteiger partial charge < -0.3 is 15.2 Å². The van der Waals surface area contributed by atoms with Crippen molar-refractivity contribution >= 4 is 22.7 Å². The molecular weight excluding hydrogens is 398 g/mol. The molecule has 2 N–H and O–H groups in total. The van der Waals surface area contributed by atoms with E-state index in [1.807, 2.05) is 53.6 Å².